The van der Waals surface area contributed by atoms with Gasteiger partial charge < -0.3 is 9.88 Å². The van der Waals surface area contributed by atoms with Gasteiger partial charge >= 0.3 is 0 Å². The van der Waals surface area contributed by atoms with Crippen molar-refractivity contribution in [1.82, 2.24) is 24.4 Å². The molecule has 1 saturated heterocycles. The second-order valence-electron chi connectivity index (χ2n) is 8.20. The third-order valence-electron chi connectivity index (χ3n) is 6.17. The molecule has 3 heterocycles. The average molecular weight is 415 g/mol. The molecule has 0 aliphatic carbocycles. The van der Waals surface area contributed by atoms with Gasteiger partial charge in [0.15, 0.2) is 0 Å². The summed E-state index contributed by atoms with van der Waals surface area (Å²) in [5, 5.41) is 0.587. The first-order chi connectivity index (χ1) is 15.1. The number of carbonyl (C=O) groups is 1. The Morgan fingerprint density at radius 1 is 1.10 bits per heavy atom. The Bertz CT molecular complexity index is 1290. The van der Waals surface area contributed by atoms with Crippen LogP contribution in [0.15, 0.2) is 53.3 Å². The van der Waals surface area contributed by atoms with E-state index in [2.05, 4.69) is 9.97 Å². The van der Waals surface area contributed by atoms with E-state index in [4.69, 9.17) is 4.98 Å². The quantitative estimate of drug-likeness (QED) is 0.554. The number of piperidine rings is 1. The molecule has 2 aromatic heterocycles. The summed E-state index contributed by atoms with van der Waals surface area (Å²) in [6.07, 6.45) is 2.24. The van der Waals surface area contributed by atoms with Crippen molar-refractivity contribution in [2.75, 3.05) is 13.1 Å². The first-order valence-corrected chi connectivity index (χ1v) is 10.8. The number of hydrogen-bond donors (Lipinski definition) is 1. The number of benzene rings is 2. The molecule has 2 aromatic carbocycles. The monoisotopic (exact) mass is 415 g/mol. The van der Waals surface area contributed by atoms with E-state index in [0.29, 0.717) is 29.8 Å². The summed E-state index contributed by atoms with van der Waals surface area (Å²) in [4.78, 5) is 40.4. The first kappa shape index (κ1) is 19.5. The van der Waals surface area contributed by atoms with Gasteiger partial charge in [-0.1, -0.05) is 24.3 Å². The third-order valence-corrected chi connectivity index (χ3v) is 6.17. The Labute approximate surface area is 179 Å². The molecule has 1 unspecified atom stereocenters. The molecule has 1 N–H and O–H groups in total. The lowest BCUT2D eigenvalue weighted by molar-refractivity contribution is -0.132. The summed E-state index contributed by atoms with van der Waals surface area (Å²) >= 11 is 0. The second-order valence-corrected chi connectivity index (χ2v) is 8.20. The van der Waals surface area contributed by atoms with Crippen LogP contribution < -0.4 is 5.56 Å². The molecule has 1 fully saturated rings. The third kappa shape index (κ3) is 3.71. The largest absolute Gasteiger partial charge is 0.342 e. The summed E-state index contributed by atoms with van der Waals surface area (Å²) in [5.41, 5.74) is 2.59. The molecule has 1 atom stereocenters. The average Bonchev–Trinajstić information content (AvgIpc) is 3.23. The summed E-state index contributed by atoms with van der Waals surface area (Å²) < 4.78 is 1.61. The van der Waals surface area contributed by atoms with E-state index in [-0.39, 0.29) is 23.8 Å². The molecule has 1 aliphatic heterocycles. The molecule has 0 radical (unpaired) electrons. The van der Waals surface area contributed by atoms with Gasteiger partial charge in [0.2, 0.25) is 5.91 Å². The number of imidazole rings is 1. The Balaban J connectivity index is 1.29. The number of nitrogens with zero attached hydrogens (tertiary/aromatic N) is 4. The Kier molecular flexibility index (Phi) is 5.02. The molecule has 7 heteroatoms. The normalized spacial score (nSPS) is 16.8. The molecule has 0 bridgehead atoms. The molecule has 31 heavy (non-hydrogen) atoms. The Hall–Kier alpha value is -3.48. The van der Waals surface area contributed by atoms with Crippen molar-refractivity contribution in [3.63, 3.8) is 0 Å². The van der Waals surface area contributed by atoms with E-state index in [1.54, 1.807) is 10.6 Å². The molecule has 5 rings (SSSR count). The van der Waals surface area contributed by atoms with E-state index in [0.717, 1.165) is 36.2 Å². The minimum atomic E-state index is -0.0882. The van der Waals surface area contributed by atoms with Crippen molar-refractivity contribution in [3.05, 3.63) is 70.5 Å². The smallest absolute Gasteiger partial charge is 0.261 e. The fourth-order valence-electron chi connectivity index (χ4n) is 4.50. The zero-order chi connectivity index (χ0) is 21.4. The number of likely N-dealkylation sites (tertiary alicyclic amines) is 1. The Morgan fingerprint density at radius 3 is 2.71 bits per heavy atom. The van der Waals surface area contributed by atoms with Gasteiger partial charge in [-0.05, 0) is 44.0 Å². The summed E-state index contributed by atoms with van der Waals surface area (Å²) in [6.45, 7) is 3.56. The number of nitrogens with one attached hydrogen (secondary N) is 1. The molecule has 1 aliphatic rings. The number of fused-ring (bicyclic) bond motifs is 2. The topological polar surface area (TPSA) is 83.9 Å². The van der Waals surface area contributed by atoms with Crippen LogP contribution in [-0.2, 0) is 11.3 Å². The van der Waals surface area contributed by atoms with Crippen molar-refractivity contribution < 1.29 is 4.79 Å². The first-order valence-electron chi connectivity index (χ1n) is 10.8. The molecule has 7 nitrogen and oxygen atoms in total. The SMILES string of the molecule is Cc1nc2ccccc2c(=O)n1CCC(=O)N1CCCC(c2nc3ccccc3[nH]2)C1. The van der Waals surface area contributed by atoms with Crippen LogP contribution >= 0.6 is 0 Å². The lowest BCUT2D eigenvalue weighted by Gasteiger charge is -2.32. The number of carbonyl (C=O) groups excluding carboxylic acids is 1. The van der Waals surface area contributed by atoms with E-state index in [1.165, 1.54) is 0 Å². The van der Waals surface area contributed by atoms with Gasteiger partial charge in [0, 0.05) is 32.0 Å². The zero-order valence-electron chi connectivity index (χ0n) is 17.5. The minimum Gasteiger partial charge on any atom is -0.342 e. The number of aryl methyl sites for hydroxylation is 1. The van der Waals surface area contributed by atoms with Crippen molar-refractivity contribution in [3.8, 4) is 0 Å². The highest BCUT2D eigenvalue weighted by Gasteiger charge is 2.26. The van der Waals surface area contributed by atoms with E-state index >= 15 is 0 Å². The van der Waals surface area contributed by atoms with Gasteiger partial charge in [-0.2, -0.15) is 0 Å². The van der Waals surface area contributed by atoms with Gasteiger partial charge in [0.1, 0.15) is 11.6 Å². The molecule has 0 spiro atoms. The van der Waals surface area contributed by atoms with E-state index in [9.17, 15) is 9.59 Å². The summed E-state index contributed by atoms with van der Waals surface area (Å²) in [5.74, 6) is 1.86. The predicted molar refractivity (Wildman–Crippen MR) is 120 cm³/mol. The highest BCUT2D eigenvalue weighted by Crippen LogP contribution is 2.27. The van der Waals surface area contributed by atoms with Crippen LogP contribution in [0, 0.1) is 6.92 Å². The molecular formula is C24H25N5O2. The number of para-hydroxylation sites is 3. The fourth-order valence-corrected chi connectivity index (χ4v) is 4.50. The van der Waals surface area contributed by atoms with Crippen molar-refractivity contribution in [1.29, 1.82) is 0 Å². The lowest BCUT2D eigenvalue weighted by Crippen LogP contribution is -2.40. The fraction of sp³-hybridized carbons (Fsp3) is 0.333. The van der Waals surface area contributed by atoms with Crippen LogP contribution in [0.1, 0.15) is 36.8 Å². The second kappa shape index (κ2) is 7.98. The van der Waals surface area contributed by atoms with Crippen molar-refractivity contribution in [2.45, 2.75) is 38.6 Å². The van der Waals surface area contributed by atoms with Gasteiger partial charge in [0.05, 0.1) is 21.9 Å². The molecule has 1 amide bonds. The van der Waals surface area contributed by atoms with Crippen LogP contribution in [0.5, 0.6) is 0 Å². The number of aromatic amines is 1. The maximum Gasteiger partial charge on any atom is 0.261 e. The van der Waals surface area contributed by atoms with Crippen LogP contribution in [0.25, 0.3) is 21.9 Å². The van der Waals surface area contributed by atoms with Gasteiger partial charge in [-0.25, -0.2) is 9.97 Å². The maximum atomic E-state index is 13.0. The zero-order valence-corrected chi connectivity index (χ0v) is 17.5. The van der Waals surface area contributed by atoms with E-state index in [1.807, 2.05) is 54.3 Å². The number of H-pyrrole nitrogens is 1. The van der Waals surface area contributed by atoms with Gasteiger partial charge in [-0.15, -0.1) is 0 Å². The van der Waals surface area contributed by atoms with Crippen LogP contribution in [0.3, 0.4) is 0 Å². The van der Waals surface area contributed by atoms with Crippen LogP contribution in [0.2, 0.25) is 0 Å². The van der Waals surface area contributed by atoms with E-state index < -0.39 is 0 Å². The van der Waals surface area contributed by atoms with Crippen LogP contribution in [-0.4, -0.2) is 43.4 Å². The van der Waals surface area contributed by atoms with Crippen molar-refractivity contribution in [2.24, 2.45) is 0 Å². The molecule has 0 saturated carbocycles. The highest BCUT2D eigenvalue weighted by atomic mass is 16.2. The number of hydrogen-bond acceptors (Lipinski definition) is 4. The standard InChI is InChI=1S/C24H25N5O2/c1-16-25-19-9-3-2-8-18(19)24(31)29(16)14-12-22(30)28-13-6-7-17(15-28)23-26-20-10-4-5-11-21(20)27-23/h2-5,8-11,17H,6-7,12-15H2,1H3,(H,26,27). The molecular weight excluding hydrogens is 390 g/mol. The molecule has 158 valence electrons. The van der Waals surface area contributed by atoms with Crippen molar-refractivity contribution >= 4 is 27.8 Å². The summed E-state index contributed by atoms with van der Waals surface area (Å²) in [7, 11) is 0. The number of aromatic nitrogens is 4. The Morgan fingerprint density at radius 2 is 1.87 bits per heavy atom. The van der Waals surface area contributed by atoms with Crippen LogP contribution in [0.4, 0.5) is 0 Å². The maximum absolute atomic E-state index is 13.0. The van der Waals surface area contributed by atoms with Gasteiger partial charge in [0.25, 0.3) is 5.56 Å². The highest BCUT2D eigenvalue weighted by molar-refractivity contribution is 5.78. The number of amides is 1. The minimum absolute atomic E-state index is 0.0697. The summed E-state index contributed by atoms with van der Waals surface area (Å²) in [6, 6.07) is 15.3. The molecule has 4 aromatic rings. The predicted octanol–water partition coefficient (Wildman–Crippen LogP) is 3.38. The van der Waals surface area contributed by atoms with Gasteiger partial charge in [-0.3, -0.25) is 14.2 Å². The number of rotatable bonds is 4. The lowest BCUT2D eigenvalue weighted by atomic mass is 9.97.